The molecule has 4 aromatic rings. The van der Waals surface area contributed by atoms with Crippen LogP contribution in [0.2, 0.25) is 5.02 Å². The van der Waals surface area contributed by atoms with E-state index < -0.39 is 17.8 Å². The first kappa shape index (κ1) is 37.8. The molecule has 6 rings (SSSR count). The lowest BCUT2D eigenvalue weighted by Crippen LogP contribution is -2.52. The minimum absolute atomic E-state index is 0.00578. The van der Waals surface area contributed by atoms with Crippen LogP contribution in [0.3, 0.4) is 0 Å². The summed E-state index contributed by atoms with van der Waals surface area (Å²) in [4.78, 5) is 59.4. The first-order valence-electron chi connectivity index (χ1n) is 16.0. The molecule has 0 unspecified atom stereocenters. The number of anilines is 1. The van der Waals surface area contributed by atoms with Crippen LogP contribution in [0, 0.1) is 5.92 Å². The van der Waals surface area contributed by atoms with Crippen LogP contribution in [0.25, 0.3) is 17.1 Å². The number of nitrogens with one attached hydrogen (secondary N) is 2. The van der Waals surface area contributed by atoms with E-state index in [-0.39, 0.29) is 63.4 Å². The van der Waals surface area contributed by atoms with E-state index in [2.05, 4.69) is 25.7 Å². The first-order chi connectivity index (χ1) is 24.9. The molecular weight excluding hydrogens is 711 g/mol. The number of rotatable bonds is 7. The van der Waals surface area contributed by atoms with E-state index in [9.17, 15) is 27.6 Å². The van der Waals surface area contributed by atoms with Crippen molar-refractivity contribution in [1.82, 2.24) is 39.4 Å². The van der Waals surface area contributed by atoms with E-state index in [1.54, 1.807) is 11.0 Å². The number of nitrogens with zero attached hydrogens (tertiary/aromatic N) is 7. The number of ether oxygens (including phenoxy) is 1. The molecule has 2 aliphatic rings. The van der Waals surface area contributed by atoms with E-state index in [4.69, 9.17) is 26.2 Å². The number of benzene rings is 1. The number of aromatic nitrogens is 5. The molecule has 2 fully saturated rings. The van der Waals surface area contributed by atoms with Crippen molar-refractivity contribution in [1.29, 1.82) is 0 Å². The predicted molar refractivity (Wildman–Crippen MR) is 181 cm³/mol. The van der Waals surface area contributed by atoms with Crippen LogP contribution in [0.1, 0.15) is 39.5 Å². The maximum absolute atomic E-state index is 14.0. The Morgan fingerprint density at radius 3 is 2.31 bits per heavy atom. The fourth-order valence-corrected chi connectivity index (χ4v) is 6.23. The smallest absolute Gasteiger partial charge is 0.435 e. The Morgan fingerprint density at radius 1 is 1.04 bits per heavy atom. The third-order valence-corrected chi connectivity index (χ3v) is 8.98. The minimum Gasteiger partial charge on any atom is -0.495 e. The van der Waals surface area contributed by atoms with E-state index >= 15 is 0 Å². The number of alkyl halides is 3. The van der Waals surface area contributed by atoms with Gasteiger partial charge in [-0.1, -0.05) is 11.6 Å². The molecule has 3 N–H and O–H groups in total. The van der Waals surface area contributed by atoms with Crippen LogP contribution < -0.4 is 15.4 Å². The molecule has 3 aromatic heterocycles. The summed E-state index contributed by atoms with van der Waals surface area (Å²) in [5, 5.41) is 16.6. The zero-order chi connectivity index (χ0) is 37.6. The number of hydrogen-bond acceptors (Lipinski definition) is 9. The number of imidazole rings is 1. The molecule has 3 amide bonds. The Bertz CT molecular complexity index is 1920. The molecular formula is C33H35ClF3N9O6. The van der Waals surface area contributed by atoms with Gasteiger partial charge >= 0.3 is 6.18 Å². The third-order valence-electron chi connectivity index (χ3n) is 8.67. The lowest BCUT2D eigenvalue weighted by Gasteiger charge is -2.37. The van der Waals surface area contributed by atoms with Gasteiger partial charge in [-0.25, -0.2) is 14.6 Å². The standard InChI is InChI=1S/C32H33ClF3N9O4.CH2O2/c1-42-25(23-18-45(41-27(23)32(34,35)36)26-6-4-21(49-2)16-38-26)17-39-28(42)29(46)40-20-3-5-22(24(33)15-20)31(48)44-13-11-43(12-14-44)30(47)19-7-9-37-10-8-19;2-1-3/h3-6,15-19,37H,7-14H2,1-2H3,(H,40,46);1H,(H,2,3). The Labute approximate surface area is 300 Å². The SMILES string of the molecule is COc1ccc(-n2cc(-c3cnc(C(=O)Nc4ccc(C(=O)N5CCN(C(=O)C6CCNCC6)CC5)c(Cl)c4)n3C)c(C(F)(F)F)n2)nc1.O=CO. The number of carbonyl (C=O) groups excluding carboxylic acids is 3. The van der Waals surface area contributed by atoms with Gasteiger partial charge in [0.05, 0.1) is 41.3 Å². The summed E-state index contributed by atoms with van der Waals surface area (Å²) >= 11 is 6.48. The fourth-order valence-electron chi connectivity index (χ4n) is 5.97. The molecule has 0 spiro atoms. The molecule has 0 saturated carbocycles. The van der Waals surface area contributed by atoms with Gasteiger partial charge in [0.25, 0.3) is 18.3 Å². The second kappa shape index (κ2) is 16.2. The summed E-state index contributed by atoms with van der Waals surface area (Å²) in [5.74, 6) is -0.487. The number of carbonyl (C=O) groups is 4. The summed E-state index contributed by atoms with van der Waals surface area (Å²) in [6.45, 7) is 3.03. The van der Waals surface area contributed by atoms with Crippen molar-refractivity contribution >= 4 is 41.5 Å². The van der Waals surface area contributed by atoms with Gasteiger partial charge in [-0.2, -0.15) is 18.3 Å². The Hall–Kier alpha value is -5.49. The second-order valence-corrected chi connectivity index (χ2v) is 12.2. The van der Waals surface area contributed by atoms with Crippen molar-refractivity contribution in [2.75, 3.05) is 51.7 Å². The summed E-state index contributed by atoms with van der Waals surface area (Å²) in [6, 6.07) is 7.42. The summed E-state index contributed by atoms with van der Waals surface area (Å²) in [6.07, 6.45) is 0.483. The van der Waals surface area contributed by atoms with Gasteiger partial charge in [-0.15, -0.1) is 0 Å². The van der Waals surface area contributed by atoms with E-state index in [1.165, 1.54) is 49.2 Å². The highest BCUT2D eigenvalue weighted by Gasteiger charge is 2.39. The molecule has 52 heavy (non-hydrogen) atoms. The maximum Gasteiger partial charge on any atom is 0.435 e. The third kappa shape index (κ3) is 8.34. The second-order valence-electron chi connectivity index (χ2n) is 11.8. The fraction of sp³-hybridized carbons (Fsp3) is 0.364. The van der Waals surface area contributed by atoms with Gasteiger partial charge in [0.15, 0.2) is 17.3 Å². The highest BCUT2D eigenvalue weighted by atomic mass is 35.5. The molecule has 19 heteroatoms. The molecule has 15 nitrogen and oxygen atoms in total. The number of piperidine rings is 1. The number of hydrogen-bond donors (Lipinski definition) is 3. The van der Waals surface area contributed by atoms with Gasteiger partial charge in [-0.3, -0.25) is 19.2 Å². The minimum atomic E-state index is -4.81. The van der Waals surface area contributed by atoms with Crippen molar-refractivity contribution in [3.63, 3.8) is 0 Å². The molecule has 0 aliphatic carbocycles. The van der Waals surface area contributed by atoms with Crippen molar-refractivity contribution in [3.8, 4) is 22.8 Å². The van der Waals surface area contributed by atoms with Crippen LogP contribution in [0.4, 0.5) is 18.9 Å². The van der Waals surface area contributed by atoms with Crippen LogP contribution in [0.5, 0.6) is 5.75 Å². The van der Waals surface area contributed by atoms with Gasteiger partial charge in [0.1, 0.15) is 5.75 Å². The molecule has 2 aliphatic heterocycles. The normalized spacial score (nSPS) is 15.0. The highest BCUT2D eigenvalue weighted by molar-refractivity contribution is 6.34. The lowest BCUT2D eigenvalue weighted by molar-refractivity contribution is -0.141. The molecule has 1 aromatic carbocycles. The number of piperazine rings is 1. The Balaban J connectivity index is 0.00000168. The van der Waals surface area contributed by atoms with E-state index in [1.807, 2.05) is 4.90 Å². The van der Waals surface area contributed by atoms with Crippen molar-refractivity contribution < 1.29 is 42.2 Å². The van der Waals surface area contributed by atoms with Crippen LogP contribution >= 0.6 is 11.6 Å². The van der Waals surface area contributed by atoms with Gasteiger partial charge in [0.2, 0.25) is 5.91 Å². The van der Waals surface area contributed by atoms with Gasteiger partial charge in [0, 0.05) is 51.0 Å². The van der Waals surface area contributed by atoms with Gasteiger partial charge in [-0.05, 0) is 56.3 Å². The molecule has 276 valence electrons. The molecule has 0 bridgehead atoms. The number of methoxy groups -OCH3 is 1. The largest absolute Gasteiger partial charge is 0.495 e. The monoisotopic (exact) mass is 745 g/mol. The summed E-state index contributed by atoms with van der Waals surface area (Å²) in [7, 11) is 2.85. The number of carboxylic acid groups (broad SMARTS) is 1. The lowest BCUT2D eigenvalue weighted by atomic mass is 9.96. The van der Waals surface area contributed by atoms with E-state index in [0.29, 0.717) is 31.9 Å². The zero-order valence-corrected chi connectivity index (χ0v) is 28.8. The highest BCUT2D eigenvalue weighted by Crippen LogP contribution is 2.37. The Morgan fingerprint density at radius 2 is 1.71 bits per heavy atom. The summed E-state index contributed by atoms with van der Waals surface area (Å²) < 4.78 is 49.4. The van der Waals surface area contributed by atoms with Crippen LogP contribution in [0.15, 0.2) is 48.9 Å². The van der Waals surface area contributed by atoms with Crippen molar-refractivity contribution in [3.05, 3.63) is 71.0 Å². The quantitative estimate of drug-likeness (QED) is 0.237. The summed E-state index contributed by atoms with van der Waals surface area (Å²) in [5.41, 5.74) is -1.000. The first-order valence-corrected chi connectivity index (χ1v) is 16.4. The number of amides is 3. The molecule has 2 saturated heterocycles. The number of pyridine rings is 1. The van der Waals surface area contributed by atoms with Crippen molar-refractivity contribution in [2.24, 2.45) is 13.0 Å². The average Bonchev–Trinajstić information content (AvgIpc) is 3.76. The molecule has 5 heterocycles. The van der Waals surface area contributed by atoms with Gasteiger partial charge < -0.3 is 34.8 Å². The maximum atomic E-state index is 14.0. The average molecular weight is 746 g/mol. The number of halogens is 4. The zero-order valence-electron chi connectivity index (χ0n) is 28.1. The molecule has 0 atom stereocenters. The predicted octanol–water partition coefficient (Wildman–Crippen LogP) is 3.59. The van der Waals surface area contributed by atoms with Crippen LogP contribution in [-0.4, -0.2) is 110 Å². The Kier molecular flexibility index (Phi) is 11.8. The topological polar surface area (TPSA) is 177 Å². The molecule has 0 radical (unpaired) electrons. The van der Waals surface area contributed by atoms with Crippen molar-refractivity contribution in [2.45, 2.75) is 19.0 Å². The van der Waals surface area contributed by atoms with E-state index in [0.717, 1.165) is 43.0 Å². The van der Waals surface area contributed by atoms with Crippen LogP contribution in [-0.2, 0) is 22.8 Å².